The van der Waals surface area contributed by atoms with E-state index in [9.17, 15) is 0 Å². The molecule has 1 aliphatic heterocycles. The second-order valence-corrected chi connectivity index (χ2v) is 6.13. The molecule has 1 radical (unpaired) electrons. The lowest BCUT2D eigenvalue weighted by atomic mass is 9.90. The summed E-state index contributed by atoms with van der Waals surface area (Å²) in [5, 5.41) is 0. The molecular weight excluding hydrogens is 250 g/mol. The zero-order chi connectivity index (χ0) is 14.4. The Hall–Kier alpha value is -1.29. The first kappa shape index (κ1) is 15.1. The number of rotatable bonds is 4. The Morgan fingerprint density at radius 2 is 2.20 bits per heavy atom. The molecule has 0 aromatic carbocycles. The summed E-state index contributed by atoms with van der Waals surface area (Å²) in [4.78, 5) is 4.25. The van der Waals surface area contributed by atoms with Crippen LogP contribution in [0.1, 0.15) is 52.4 Å². The van der Waals surface area contributed by atoms with Gasteiger partial charge in [-0.05, 0) is 37.5 Å². The third kappa shape index (κ3) is 4.37. The highest BCUT2D eigenvalue weighted by Gasteiger charge is 2.23. The first-order valence-corrected chi connectivity index (χ1v) is 7.54. The fourth-order valence-corrected chi connectivity index (χ4v) is 3.10. The highest BCUT2D eigenvalue weighted by Crippen LogP contribution is 2.35. The molecule has 2 unspecified atom stereocenters. The molecule has 2 aliphatic rings. The van der Waals surface area contributed by atoms with Gasteiger partial charge < -0.3 is 10.2 Å². The number of hydrogen-bond acceptors (Lipinski definition) is 4. The third-order valence-electron chi connectivity index (χ3n) is 4.09. The van der Waals surface area contributed by atoms with Crippen LogP contribution in [0.15, 0.2) is 28.9 Å². The molecule has 0 aromatic rings. The van der Waals surface area contributed by atoms with Gasteiger partial charge in [0, 0.05) is 5.92 Å². The summed E-state index contributed by atoms with van der Waals surface area (Å²) in [6.45, 7) is 4.47. The summed E-state index contributed by atoms with van der Waals surface area (Å²) < 4.78 is 5.74. The summed E-state index contributed by atoms with van der Waals surface area (Å²) in [5.74, 6) is 9.23. The first-order valence-electron chi connectivity index (χ1n) is 7.54. The second kappa shape index (κ2) is 7.48. The minimum atomic E-state index is 0.489. The fourth-order valence-electron chi connectivity index (χ4n) is 3.10. The van der Waals surface area contributed by atoms with E-state index in [1.54, 1.807) is 18.4 Å². The van der Waals surface area contributed by atoms with Crippen LogP contribution in [-0.4, -0.2) is 6.21 Å². The molecule has 3 N–H and O–H groups in total. The predicted molar refractivity (Wildman–Crippen MR) is 82.3 cm³/mol. The number of nitrogens with one attached hydrogen (secondary N) is 1. The van der Waals surface area contributed by atoms with Crippen molar-refractivity contribution in [1.29, 1.82) is 0 Å². The summed E-state index contributed by atoms with van der Waals surface area (Å²) in [5.41, 5.74) is 3.25. The molecule has 0 spiro atoms. The zero-order valence-corrected chi connectivity index (χ0v) is 12.6. The molecule has 4 heteroatoms. The van der Waals surface area contributed by atoms with Crippen LogP contribution < -0.4 is 11.3 Å². The van der Waals surface area contributed by atoms with E-state index in [1.165, 1.54) is 38.5 Å². The smallest absolute Gasteiger partial charge is 0.125 e. The number of nitrogens with zero attached hydrogens (tertiary/aromatic N) is 1. The van der Waals surface area contributed by atoms with Crippen molar-refractivity contribution in [2.75, 3.05) is 0 Å². The van der Waals surface area contributed by atoms with Crippen LogP contribution in [0.4, 0.5) is 0 Å². The van der Waals surface area contributed by atoms with E-state index < -0.39 is 0 Å². The highest BCUT2D eigenvalue weighted by atomic mass is 16.5. The van der Waals surface area contributed by atoms with Crippen molar-refractivity contribution in [2.24, 2.45) is 22.7 Å². The Balaban J connectivity index is 1.92. The van der Waals surface area contributed by atoms with Gasteiger partial charge in [0.25, 0.3) is 0 Å². The van der Waals surface area contributed by atoms with E-state index in [2.05, 4.69) is 24.3 Å². The zero-order valence-electron chi connectivity index (χ0n) is 12.6. The molecular formula is C16H26N3O. The van der Waals surface area contributed by atoms with Gasteiger partial charge in [0.1, 0.15) is 17.7 Å². The predicted octanol–water partition coefficient (Wildman–Crippen LogP) is 3.43. The van der Waals surface area contributed by atoms with Gasteiger partial charge in [-0.2, -0.15) is 0 Å². The standard InChI is InChI=1S/C16H26N3O/c1-12(2)8-13-4-3-5-14(7-6-13)16-10-18-9-15(19-17)11-20-16/h9-11,13-14,19H,3-8,17H2,1-2H3. The topological polar surface area (TPSA) is 59.6 Å². The van der Waals surface area contributed by atoms with Gasteiger partial charge in [-0.15, -0.1) is 0 Å². The Labute approximate surface area is 122 Å². The SMILES string of the molecule is C[C](C)CC1CCCC(C2=CN=CC(NN)=CO2)CC1. The normalized spacial score (nSPS) is 27.2. The van der Waals surface area contributed by atoms with Crippen LogP contribution >= 0.6 is 0 Å². The number of nitrogens with two attached hydrogens (primary N) is 1. The van der Waals surface area contributed by atoms with Crippen LogP contribution in [0.2, 0.25) is 0 Å². The molecule has 2 rings (SSSR count). The van der Waals surface area contributed by atoms with Crippen molar-refractivity contribution in [3.63, 3.8) is 0 Å². The van der Waals surface area contributed by atoms with E-state index in [4.69, 9.17) is 10.6 Å². The van der Waals surface area contributed by atoms with Crippen molar-refractivity contribution in [1.82, 2.24) is 5.43 Å². The van der Waals surface area contributed by atoms with E-state index in [0.29, 0.717) is 11.6 Å². The van der Waals surface area contributed by atoms with Gasteiger partial charge in [0.05, 0.1) is 12.4 Å². The van der Waals surface area contributed by atoms with Crippen LogP contribution in [0.3, 0.4) is 0 Å². The van der Waals surface area contributed by atoms with Gasteiger partial charge in [0.15, 0.2) is 0 Å². The largest absolute Gasteiger partial charge is 0.465 e. The van der Waals surface area contributed by atoms with Crippen molar-refractivity contribution in [3.8, 4) is 0 Å². The van der Waals surface area contributed by atoms with Crippen molar-refractivity contribution in [2.45, 2.75) is 52.4 Å². The lowest BCUT2D eigenvalue weighted by Gasteiger charge is -2.17. The summed E-state index contributed by atoms with van der Waals surface area (Å²) in [6, 6.07) is 0. The molecule has 20 heavy (non-hydrogen) atoms. The van der Waals surface area contributed by atoms with Gasteiger partial charge in [-0.25, -0.2) is 0 Å². The van der Waals surface area contributed by atoms with Gasteiger partial charge in [-0.1, -0.05) is 26.7 Å². The van der Waals surface area contributed by atoms with Crippen molar-refractivity contribution in [3.05, 3.63) is 29.8 Å². The summed E-state index contributed by atoms with van der Waals surface area (Å²) in [6.07, 6.45) is 12.7. The lowest BCUT2D eigenvalue weighted by Crippen LogP contribution is -2.21. The molecule has 0 bridgehead atoms. The maximum Gasteiger partial charge on any atom is 0.125 e. The maximum atomic E-state index is 5.74. The molecule has 4 nitrogen and oxygen atoms in total. The third-order valence-corrected chi connectivity index (χ3v) is 4.09. The highest BCUT2D eigenvalue weighted by molar-refractivity contribution is 5.78. The first-order chi connectivity index (χ1) is 9.69. The Kier molecular flexibility index (Phi) is 5.65. The van der Waals surface area contributed by atoms with Crippen LogP contribution in [0, 0.1) is 17.8 Å². The molecule has 1 heterocycles. The van der Waals surface area contributed by atoms with Crippen molar-refractivity contribution < 1.29 is 4.74 Å². The van der Waals surface area contributed by atoms with Crippen LogP contribution in [0.5, 0.6) is 0 Å². The summed E-state index contributed by atoms with van der Waals surface area (Å²) >= 11 is 0. The number of allylic oxidation sites excluding steroid dienone is 2. The minimum Gasteiger partial charge on any atom is -0.465 e. The van der Waals surface area contributed by atoms with Gasteiger partial charge in [-0.3, -0.25) is 10.8 Å². The van der Waals surface area contributed by atoms with Gasteiger partial charge >= 0.3 is 0 Å². The molecule has 1 saturated carbocycles. The average molecular weight is 276 g/mol. The Bertz CT molecular complexity index is 399. The fraction of sp³-hybridized carbons (Fsp3) is 0.625. The molecule has 1 aliphatic carbocycles. The van der Waals surface area contributed by atoms with Crippen molar-refractivity contribution >= 4 is 6.21 Å². The number of hydrazine groups is 1. The Morgan fingerprint density at radius 1 is 1.35 bits per heavy atom. The van der Waals surface area contributed by atoms with E-state index in [1.807, 2.05) is 6.20 Å². The molecule has 0 aromatic heterocycles. The molecule has 0 saturated heterocycles. The number of aliphatic imine (C=N–C) groups is 1. The van der Waals surface area contributed by atoms with Gasteiger partial charge in [0.2, 0.25) is 0 Å². The second-order valence-electron chi connectivity index (χ2n) is 6.13. The molecule has 1 fully saturated rings. The molecule has 2 atom stereocenters. The van der Waals surface area contributed by atoms with E-state index in [0.717, 1.165) is 11.7 Å². The van der Waals surface area contributed by atoms with Crippen LogP contribution in [-0.2, 0) is 4.74 Å². The maximum absolute atomic E-state index is 5.74. The minimum absolute atomic E-state index is 0.489. The molecule has 0 amide bonds. The van der Waals surface area contributed by atoms with E-state index >= 15 is 0 Å². The summed E-state index contributed by atoms with van der Waals surface area (Å²) in [7, 11) is 0. The van der Waals surface area contributed by atoms with E-state index in [-0.39, 0.29) is 0 Å². The lowest BCUT2D eigenvalue weighted by molar-refractivity contribution is 0.269. The number of hydrogen-bond donors (Lipinski definition) is 2. The quantitative estimate of drug-likeness (QED) is 0.470. The Morgan fingerprint density at radius 3 is 2.95 bits per heavy atom. The van der Waals surface area contributed by atoms with Crippen LogP contribution in [0.25, 0.3) is 0 Å². The monoisotopic (exact) mass is 276 g/mol. The number of ether oxygens (including phenoxy) is 1. The average Bonchev–Trinajstić information content (AvgIpc) is 2.78. The molecule has 111 valence electrons.